The van der Waals surface area contributed by atoms with Crippen molar-refractivity contribution in [2.24, 2.45) is 5.84 Å². The molecule has 292 valence electrons. The van der Waals surface area contributed by atoms with E-state index in [1.807, 2.05) is 34.4 Å². The molecule has 0 aliphatic carbocycles. The number of nitrogens with one attached hydrogen (secondary N) is 5. The number of nitrogens with two attached hydrogens (primary N) is 1. The van der Waals surface area contributed by atoms with E-state index in [2.05, 4.69) is 31.2 Å². The van der Waals surface area contributed by atoms with Crippen LogP contribution >= 0.6 is 22.7 Å². The van der Waals surface area contributed by atoms with Crippen molar-refractivity contribution in [3.05, 3.63) is 142 Å². The van der Waals surface area contributed by atoms with Crippen molar-refractivity contribution in [2.45, 2.75) is 38.1 Å². The quantitative estimate of drug-likeness (QED) is 0.0337. The van der Waals surface area contributed by atoms with Crippen LogP contribution in [0.4, 0.5) is 22.7 Å². The number of aliphatic carboxylic acids is 1. The molecule has 4 aromatic carbocycles. The Hall–Kier alpha value is -6.86. The Balaban J connectivity index is 0.000000213. The number of nitrogens with zero attached hydrogens (tertiary/aromatic N) is 2. The smallest absolute Gasteiger partial charge is 0.328 e. The molecule has 0 saturated carbocycles. The van der Waals surface area contributed by atoms with Crippen LogP contribution in [0, 0.1) is 13.1 Å². The van der Waals surface area contributed by atoms with Gasteiger partial charge in [-0.15, -0.1) is 0 Å². The number of thiophene rings is 2. The van der Waals surface area contributed by atoms with E-state index in [9.17, 15) is 29.4 Å². The summed E-state index contributed by atoms with van der Waals surface area (Å²) in [6, 6.07) is 25.6. The molecule has 0 aliphatic heterocycles. The third-order valence-corrected chi connectivity index (χ3v) is 9.94. The zero-order valence-electron chi connectivity index (χ0n) is 30.5. The molecule has 0 bridgehead atoms. The van der Waals surface area contributed by atoms with Gasteiger partial charge < -0.3 is 26.0 Å². The summed E-state index contributed by atoms with van der Waals surface area (Å²) in [4.78, 5) is 53.4. The van der Waals surface area contributed by atoms with Gasteiger partial charge in [0.1, 0.15) is 6.04 Å². The highest BCUT2D eigenvalue weighted by atomic mass is 32.1. The minimum Gasteiger partial charge on any atom is -0.480 e. The summed E-state index contributed by atoms with van der Waals surface area (Å²) in [5, 5.41) is 39.7. The summed E-state index contributed by atoms with van der Waals surface area (Å²) in [6.45, 7) is 17.2. The van der Waals surface area contributed by atoms with Gasteiger partial charge in [-0.1, -0.05) is 48.5 Å². The average molecular weight is 807 g/mol. The molecule has 6 rings (SSSR count). The second-order valence-corrected chi connectivity index (χ2v) is 13.9. The number of benzene rings is 4. The molecule has 6 aromatic rings. The molecule has 1 unspecified atom stereocenters. The number of carbonyl (C=O) groups excluding carboxylic acids is 3. The van der Waals surface area contributed by atoms with Crippen molar-refractivity contribution >= 4 is 89.3 Å². The first-order valence-corrected chi connectivity index (χ1v) is 18.7. The molecule has 2 aromatic heterocycles. The lowest BCUT2D eigenvalue weighted by Gasteiger charge is -2.22. The summed E-state index contributed by atoms with van der Waals surface area (Å²) >= 11 is 2.87. The van der Waals surface area contributed by atoms with Gasteiger partial charge in [-0.3, -0.25) is 30.7 Å². The number of nitrogen functional groups attached to an aromatic ring is 1. The summed E-state index contributed by atoms with van der Waals surface area (Å²) in [5.74, 6) is 2.48. The third kappa shape index (κ3) is 11.3. The second kappa shape index (κ2) is 20.7. The lowest BCUT2D eigenvalue weighted by Crippen LogP contribution is -2.52. The average Bonchev–Trinajstić information content (AvgIpc) is 3.93. The molecule has 4 atom stereocenters. The van der Waals surface area contributed by atoms with Gasteiger partial charge in [0.05, 0.1) is 25.4 Å². The van der Waals surface area contributed by atoms with Crippen LogP contribution in [-0.4, -0.2) is 63.3 Å². The van der Waals surface area contributed by atoms with Crippen molar-refractivity contribution in [1.29, 1.82) is 0 Å². The van der Waals surface area contributed by atoms with Crippen LogP contribution in [0.25, 0.3) is 29.9 Å². The highest BCUT2D eigenvalue weighted by Gasteiger charge is 2.26. The number of anilines is 2. The van der Waals surface area contributed by atoms with Crippen molar-refractivity contribution in [2.75, 3.05) is 10.6 Å². The maximum atomic E-state index is 12.5. The van der Waals surface area contributed by atoms with E-state index in [-0.39, 0.29) is 5.91 Å². The molecular weight excluding hydrogens is 769 g/mol. The molecule has 2 heterocycles. The number of carbonyl (C=O) groups is 4. The van der Waals surface area contributed by atoms with Crippen LogP contribution in [0.2, 0.25) is 0 Å². The lowest BCUT2D eigenvalue weighted by atomic mass is 10.1. The van der Waals surface area contributed by atoms with Crippen LogP contribution in [0.3, 0.4) is 0 Å². The maximum absolute atomic E-state index is 12.5. The number of rotatable bonds is 10. The predicted molar refractivity (Wildman–Crippen MR) is 222 cm³/mol. The van der Waals surface area contributed by atoms with Crippen molar-refractivity contribution in [1.82, 2.24) is 16.3 Å². The van der Waals surface area contributed by atoms with E-state index < -0.39 is 42.1 Å². The fourth-order valence-electron chi connectivity index (χ4n) is 5.18. The van der Waals surface area contributed by atoms with Crippen molar-refractivity contribution in [3.8, 4) is 0 Å². The second-order valence-electron chi connectivity index (χ2n) is 12.0. The van der Waals surface area contributed by atoms with Crippen LogP contribution in [0.15, 0.2) is 108 Å². The zero-order valence-corrected chi connectivity index (χ0v) is 32.1. The van der Waals surface area contributed by atoms with Gasteiger partial charge in [0.25, 0.3) is 17.7 Å². The lowest BCUT2D eigenvalue weighted by molar-refractivity contribution is -0.140. The van der Waals surface area contributed by atoms with Crippen molar-refractivity contribution in [3.63, 3.8) is 0 Å². The largest absolute Gasteiger partial charge is 0.480 e. The molecule has 3 amide bonds. The molecule has 15 nitrogen and oxygen atoms in total. The van der Waals surface area contributed by atoms with Gasteiger partial charge in [0.2, 0.25) is 11.4 Å². The SMILES string of the molecule is NNC(=O)c1ccccc1.[C-]#[N+]c1ccc(NC(C(=O)O)[C@H](C)O)c2ccsc12.[C-]#[N+]c1ccc(N[C@@H](C(=O)NNC(=O)c2ccccc2)[C@H](C)O)c2ccsc12. The fourth-order valence-corrected chi connectivity index (χ4v) is 6.94. The Bertz CT molecular complexity index is 2410. The van der Waals surface area contributed by atoms with Crippen molar-refractivity contribution < 1.29 is 34.5 Å². The molecule has 0 saturated heterocycles. The van der Waals surface area contributed by atoms with Gasteiger partial charge in [-0.25, -0.2) is 20.3 Å². The van der Waals surface area contributed by atoms with E-state index in [1.165, 1.54) is 36.5 Å². The fraction of sp³-hybridized carbons (Fsp3) is 0.150. The number of carboxylic acids is 1. The molecule has 10 N–H and O–H groups in total. The Labute approximate surface area is 335 Å². The highest BCUT2D eigenvalue weighted by molar-refractivity contribution is 7.18. The van der Waals surface area contributed by atoms with Gasteiger partial charge in [-0.05, 0) is 73.1 Å². The number of carboxylic acid groups (broad SMARTS) is 1. The number of hydrogen-bond donors (Lipinski definition) is 9. The molecule has 17 heteroatoms. The molecule has 0 fully saturated rings. The first kappa shape index (κ1) is 42.9. The van der Waals surface area contributed by atoms with Crippen LogP contribution in [0.5, 0.6) is 0 Å². The summed E-state index contributed by atoms with van der Waals surface area (Å²) < 4.78 is 1.62. The Morgan fingerprint density at radius 2 is 1.07 bits per heavy atom. The van der Waals surface area contributed by atoms with Crippen LogP contribution in [-0.2, 0) is 9.59 Å². The first-order chi connectivity index (χ1) is 27.4. The Kier molecular flexibility index (Phi) is 15.6. The minimum absolute atomic E-state index is 0.263. The van der Waals surface area contributed by atoms with Gasteiger partial charge in [0, 0.05) is 42.7 Å². The number of fused-ring (bicyclic) bond motifs is 2. The number of hydrazine groups is 2. The van der Waals surface area contributed by atoms with Gasteiger partial charge >= 0.3 is 5.97 Å². The van der Waals surface area contributed by atoms with E-state index in [0.717, 1.165) is 20.2 Å². The molecule has 0 spiro atoms. The van der Waals surface area contributed by atoms with E-state index >= 15 is 0 Å². The highest BCUT2D eigenvalue weighted by Crippen LogP contribution is 2.37. The number of amides is 3. The number of hydrogen-bond acceptors (Lipinski definition) is 11. The topological polar surface area (TPSA) is 224 Å². The molecular formula is C40H38N8O7S2. The van der Waals surface area contributed by atoms with Crippen LogP contribution in [0.1, 0.15) is 34.6 Å². The first-order valence-electron chi connectivity index (χ1n) is 17.0. The number of aliphatic hydroxyl groups is 2. The molecule has 0 radical (unpaired) electrons. The zero-order chi connectivity index (χ0) is 41.5. The van der Waals surface area contributed by atoms with Gasteiger partial charge in [0.15, 0.2) is 6.04 Å². The number of aliphatic hydroxyl groups excluding tert-OH is 2. The van der Waals surface area contributed by atoms with Crippen LogP contribution < -0.4 is 32.8 Å². The Morgan fingerprint density at radius 3 is 1.47 bits per heavy atom. The molecule has 0 aliphatic rings. The summed E-state index contributed by atoms with van der Waals surface area (Å²) in [5.41, 5.74) is 10.0. The van der Waals surface area contributed by atoms with E-state index in [4.69, 9.17) is 24.1 Å². The van der Waals surface area contributed by atoms with Gasteiger partial charge in [-0.2, -0.15) is 22.7 Å². The monoisotopic (exact) mass is 806 g/mol. The normalized spacial score (nSPS) is 12.3. The third-order valence-electron chi connectivity index (χ3n) is 8.07. The standard InChI is InChI=1S/C20H18N4O3S.C13H12N2O3S.C7H8N2O/c1-12(25)17(20(27)24-23-19(26)13-6-4-3-5-7-13)22-15-8-9-16(21-2)18-14(15)10-11-28-18;1-7(16)11(13(17)18)15-9-3-4-10(14-2)12-8(9)5-6-19-12;8-9-7(10)6-4-2-1-3-5-6/h3-12,17,22,25H,1H3,(H,23,26)(H,24,27);3-7,11,15-16H,1H3,(H,17,18);1-5H,8H2,(H,9,10)/t12-,17+;7-,11?;/m00./s1. The predicted octanol–water partition coefficient (Wildman–Crippen LogP) is 6.06. The maximum Gasteiger partial charge on any atom is 0.328 e. The summed E-state index contributed by atoms with van der Waals surface area (Å²) in [7, 11) is 0. The van der Waals surface area contributed by atoms with E-state index in [0.29, 0.717) is 33.9 Å². The van der Waals surface area contributed by atoms with E-state index in [1.54, 1.807) is 78.9 Å². The molecule has 57 heavy (non-hydrogen) atoms. The Morgan fingerprint density at radius 1 is 0.632 bits per heavy atom. The summed E-state index contributed by atoms with van der Waals surface area (Å²) in [6.07, 6.45) is -2.05. The minimum atomic E-state index is -1.12.